The van der Waals surface area contributed by atoms with Crippen LogP contribution in [0.15, 0.2) is 263 Å². The smallest absolute Gasteiger partial charge is 0.197 e. The summed E-state index contributed by atoms with van der Waals surface area (Å²) in [6.45, 7) is 32.6. The molecule has 0 N–H and O–H groups in total. The third-order valence-electron chi connectivity index (χ3n) is 23.2. The molecule has 9 aromatic carbocycles. The molecule has 0 radical (unpaired) electrons. The highest BCUT2D eigenvalue weighted by molar-refractivity contribution is 5.51. The van der Waals surface area contributed by atoms with Gasteiger partial charge in [0, 0.05) is 0 Å². The second kappa shape index (κ2) is 47.9. The van der Waals surface area contributed by atoms with Crippen molar-refractivity contribution in [2.24, 2.45) is 59.2 Å². The minimum atomic E-state index is -0.361. The van der Waals surface area contributed by atoms with Gasteiger partial charge in [0.2, 0.25) is 0 Å². The molecule has 6 aliphatic rings. The first-order chi connectivity index (χ1) is 58.2. The van der Waals surface area contributed by atoms with Crippen LogP contribution in [-0.2, 0) is 23.7 Å². The first-order valence-corrected chi connectivity index (χ1v) is 42.6. The van der Waals surface area contributed by atoms with Crippen LogP contribution in [0, 0.1) is 59.2 Å². The summed E-state index contributed by atoms with van der Waals surface area (Å²) in [5.41, 5.74) is 5.38. The number of ether oxygens (including phenoxy) is 15. The highest BCUT2D eigenvalue weighted by Crippen LogP contribution is 2.69. The van der Waals surface area contributed by atoms with Crippen molar-refractivity contribution >= 4 is 30.4 Å². The molecule has 15 nitrogen and oxygen atoms in total. The number of hydrogen-bond acceptors (Lipinski definition) is 15. The van der Waals surface area contributed by atoms with Crippen LogP contribution in [0.4, 0.5) is 0 Å². The summed E-state index contributed by atoms with van der Waals surface area (Å²) < 4.78 is 85.0. The van der Waals surface area contributed by atoms with Crippen molar-refractivity contribution in [1.29, 1.82) is 0 Å². The second-order valence-corrected chi connectivity index (χ2v) is 31.2. The number of para-hydroxylation sites is 2. The third kappa shape index (κ3) is 29.2. The average molecular weight is 1610 g/mol. The molecule has 6 aliphatic carbocycles. The molecular weight excluding hydrogens is 1490 g/mol. The molecule has 0 aliphatic heterocycles. The highest BCUT2D eigenvalue weighted by atomic mass is 16.7. The van der Waals surface area contributed by atoms with Crippen molar-refractivity contribution in [1.82, 2.24) is 0 Å². The Labute approximate surface area is 707 Å². The Kier molecular flexibility index (Phi) is 35.9. The third-order valence-corrected chi connectivity index (χ3v) is 23.2. The molecule has 0 aromatic heterocycles. The van der Waals surface area contributed by atoms with Crippen LogP contribution in [0.25, 0.3) is 30.4 Å². The molecule has 0 amide bonds. The van der Waals surface area contributed by atoms with E-state index in [1.165, 1.54) is 57.8 Å². The van der Waals surface area contributed by atoms with Crippen LogP contribution in [-0.4, -0.2) is 91.4 Å². The zero-order chi connectivity index (χ0) is 83.3. The number of fused-ring (bicyclic) bond motifs is 11. The quantitative estimate of drug-likeness (QED) is 0.0204. The number of hydrogen-bond donors (Lipinski definition) is 0. The van der Waals surface area contributed by atoms with E-state index in [1.807, 2.05) is 277 Å². The average Bonchev–Trinajstić information content (AvgIpc) is 1.55. The molecule has 0 heterocycles. The van der Waals surface area contributed by atoms with Crippen LogP contribution in [0.5, 0.6) is 63.2 Å². The Morgan fingerprint density at radius 2 is 0.588 bits per heavy atom. The summed E-state index contributed by atoms with van der Waals surface area (Å²) in [6.07, 6.45) is 23.6. The van der Waals surface area contributed by atoms with E-state index in [2.05, 4.69) is 32.9 Å². The molecule has 630 valence electrons. The van der Waals surface area contributed by atoms with Gasteiger partial charge in [0.25, 0.3) is 0 Å². The fourth-order valence-electron chi connectivity index (χ4n) is 17.6. The van der Waals surface area contributed by atoms with Crippen molar-refractivity contribution < 1.29 is 71.1 Å². The molecule has 15 heteroatoms. The van der Waals surface area contributed by atoms with Crippen molar-refractivity contribution in [3.8, 4) is 63.2 Å². The van der Waals surface area contributed by atoms with E-state index in [0.717, 1.165) is 163 Å². The van der Waals surface area contributed by atoms with Gasteiger partial charge >= 0.3 is 0 Å². The van der Waals surface area contributed by atoms with Gasteiger partial charge < -0.3 is 71.1 Å². The molecule has 6 bridgehead atoms. The molecule has 15 atom stereocenters. The summed E-state index contributed by atoms with van der Waals surface area (Å²) in [6, 6.07) is 73.3. The zero-order valence-corrected chi connectivity index (χ0v) is 70.6. The fourth-order valence-corrected chi connectivity index (χ4v) is 17.6. The Hall–Kier alpha value is -10.5. The van der Waals surface area contributed by atoms with Gasteiger partial charge in [-0.2, -0.15) is 0 Å². The summed E-state index contributed by atoms with van der Waals surface area (Å²) in [7, 11) is 1.63. The maximum absolute atomic E-state index is 6.00. The lowest BCUT2D eigenvalue weighted by molar-refractivity contribution is -0.0741. The lowest BCUT2D eigenvalue weighted by Gasteiger charge is -2.38. The van der Waals surface area contributed by atoms with Gasteiger partial charge in [-0.1, -0.05) is 167 Å². The summed E-state index contributed by atoms with van der Waals surface area (Å²) in [5.74, 6) is 19.1. The first kappa shape index (κ1) is 89.3. The van der Waals surface area contributed by atoms with Gasteiger partial charge in [0.05, 0.1) is 40.1 Å². The lowest BCUT2D eigenvalue weighted by atomic mass is 9.67. The second-order valence-electron chi connectivity index (χ2n) is 31.2. The normalized spacial score (nSPS) is 20.9. The van der Waals surface area contributed by atoms with Gasteiger partial charge in [-0.15, -0.1) is 0 Å². The van der Waals surface area contributed by atoms with Gasteiger partial charge in [-0.3, -0.25) is 0 Å². The zero-order valence-electron chi connectivity index (χ0n) is 70.6. The van der Waals surface area contributed by atoms with E-state index in [0.29, 0.717) is 39.6 Å². The van der Waals surface area contributed by atoms with Crippen molar-refractivity contribution in [2.45, 2.75) is 137 Å². The van der Waals surface area contributed by atoms with Crippen molar-refractivity contribution in [3.63, 3.8) is 0 Å². The highest BCUT2D eigenvalue weighted by Gasteiger charge is 2.62. The molecule has 119 heavy (non-hydrogen) atoms. The van der Waals surface area contributed by atoms with E-state index >= 15 is 0 Å². The monoisotopic (exact) mass is 1610 g/mol. The number of methoxy groups -OCH3 is 1. The maximum Gasteiger partial charge on any atom is 0.197 e. The van der Waals surface area contributed by atoms with E-state index in [9.17, 15) is 0 Å². The Bertz CT molecular complexity index is 4390. The van der Waals surface area contributed by atoms with E-state index in [4.69, 9.17) is 71.1 Å². The van der Waals surface area contributed by atoms with Crippen LogP contribution >= 0.6 is 0 Å². The van der Waals surface area contributed by atoms with E-state index in [1.54, 1.807) is 38.2 Å². The standard InChI is InChI=1S/C24H24O4.C24H32O2.C19H22O4.C19H26O2.C18H20O3/c1-3-20-9-11-23(12-10-20)27-19(2)25-17-18-26-21-13-15-24(16-14-21)28-22-7-5-4-6-8-22;1-3-16-4-8-21(9-5-16)26-15(2)25-11-10-17-12-20-14-22(17)24-19-7-6-18(13-19)23(20)24;1-4-16-5-7-19(8-6-16)23-15(2)21-13-14-22-18-11-9-17(20-3)10-12-18;1-3-15-5-8-19(9-6-15)21-14(2)20-11-10-18-13-16-4-7-17(18)12-16;1-3-16-9-11-18(12-10-16)21-15(2)19-13-14-20-17-7-5-4-6-8-17/h3-16,19H,1,17-18H2,2H3;3-5,8-9,15,17-20,22-24H,1,6-7,10-14H2,2H3;4-12,15H,1,13-14H2,2-3H3;3,5-6,8-9,14,16-18H,1,4,7,10-13H2,2H3;3-12,15H,1,13-14H2,2H3. The van der Waals surface area contributed by atoms with Crippen LogP contribution in [0.2, 0.25) is 0 Å². The molecule has 15 rings (SSSR count). The topological polar surface area (TPSA) is 138 Å². The summed E-state index contributed by atoms with van der Waals surface area (Å²) in [4.78, 5) is 0. The van der Waals surface area contributed by atoms with Gasteiger partial charge in [0.1, 0.15) is 83.1 Å². The maximum atomic E-state index is 6.00. The molecule has 0 saturated heterocycles. The van der Waals surface area contributed by atoms with Crippen LogP contribution in [0.1, 0.15) is 133 Å². The lowest BCUT2D eigenvalue weighted by Crippen LogP contribution is -2.33. The molecule has 6 fully saturated rings. The molecule has 6 saturated carbocycles. The summed E-state index contributed by atoms with van der Waals surface area (Å²) in [5, 5.41) is 0. The summed E-state index contributed by atoms with van der Waals surface area (Å²) >= 11 is 0. The van der Waals surface area contributed by atoms with Gasteiger partial charge in [0.15, 0.2) is 31.5 Å². The minimum Gasteiger partial charge on any atom is -0.497 e. The molecule has 0 spiro atoms. The Morgan fingerprint density at radius 1 is 0.277 bits per heavy atom. The Balaban J connectivity index is 0.000000146. The number of benzene rings is 9. The number of rotatable bonds is 41. The van der Waals surface area contributed by atoms with Gasteiger partial charge in [-0.05, 0) is 319 Å². The largest absolute Gasteiger partial charge is 0.497 e. The molecule has 9 aromatic rings. The van der Waals surface area contributed by atoms with Crippen molar-refractivity contribution in [3.05, 3.63) is 291 Å². The van der Waals surface area contributed by atoms with Crippen LogP contribution in [0.3, 0.4) is 0 Å². The Morgan fingerprint density at radius 3 is 0.941 bits per heavy atom. The molecule has 15 unspecified atom stereocenters. The fraction of sp³-hybridized carbons (Fsp3) is 0.385. The molecular formula is C104H124O15. The minimum absolute atomic E-state index is 0.182. The van der Waals surface area contributed by atoms with Crippen molar-refractivity contribution in [2.75, 3.05) is 60.0 Å². The van der Waals surface area contributed by atoms with Gasteiger partial charge in [-0.25, -0.2) is 0 Å². The predicted octanol–water partition coefficient (Wildman–Crippen LogP) is 24.9. The van der Waals surface area contributed by atoms with E-state index in [-0.39, 0.29) is 31.5 Å². The van der Waals surface area contributed by atoms with E-state index < -0.39 is 0 Å². The SMILES string of the molecule is C=Cc1ccc(OC(C)OCCC2CC3CC2C2C4CCC(C4)C32)cc1.C=Cc1ccc(OC(C)OCCC2CC3CCC2C3)cc1.C=Cc1ccc(OC(C)OCCOc2ccc(OC)cc2)cc1.C=Cc1ccc(OC(C)OCCOc2ccc(Oc3ccccc3)cc2)cc1.C=Cc1ccc(OC(C)OCCOc2ccccc2)cc1. The van der Waals surface area contributed by atoms with Crippen LogP contribution < -0.4 is 47.4 Å². The first-order valence-electron chi connectivity index (χ1n) is 42.6. The predicted molar refractivity (Wildman–Crippen MR) is 477 cm³/mol.